The van der Waals surface area contributed by atoms with Crippen molar-refractivity contribution in [1.29, 1.82) is 0 Å². The maximum absolute atomic E-state index is 13.2. The molecule has 2 aromatic rings. The molecule has 0 fully saturated rings. The Morgan fingerprint density at radius 2 is 1.71 bits per heavy atom. The van der Waals surface area contributed by atoms with Gasteiger partial charge in [-0.1, -0.05) is 30.3 Å². The monoisotopic (exact) mass is 425 g/mol. The molecule has 0 heterocycles. The number of rotatable bonds is 11. The number of hydrogen-bond acceptors (Lipinski definition) is 4. The number of ether oxygens (including phenoxy) is 1. The van der Waals surface area contributed by atoms with Gasteiger partial charge in [0.2, 0.25) is 11.8 Å². The van der Waals surface area contributed by atoms with Gasteiger partial charge in [0, 0.05) is 6.54 Å². The minimum absolute atomic E-state index is 0.257. The zero-order valence-electron chi connectivity index (χ0n) is 19.1. The van der Waals surface area contributed by atoms with Crippen LogP contribution in [-0.4, -0.2) is 41.9 Å². The summed E-state index contributed by atoms with van der Waals surface area (Å²) in [4.78, 5) is 26.6. The van der Waals surface area contributed by atoms with Gasteiger partial charge in [-0.15, -0.1) is 0 Å². The number of nitrogens with two attached hydrogens (primary N) is 2. The van der Waals surface area contributed by atoms with Gasteiger partial charge in [0.15, 0.2) is 0 Å². The van der Waals surface area contributed by atoms with Crippen LogP contribution >= 0.6 is 0 Å². The van der Waals surface area contributed by atoms with E-state index in [1.54, 1.807) is 6.92 Å². The van der Waals surface area contributed by atoms with Crippen LogP contribution in [0.4, 0.5) is 0 Å². The fraction of sp³-hybridized carbons (Fsp3) is 0.440. The van der Waals surface area contributed by atoms with Crippen molar-refractivity contribution < 1.29 is 14.3 Å². The zero-order chi connectivity index (χ0) is 23.0. The van der Waals surface area contributed by atoms with Crippen LogP contribution in [0.5, 0.6) is 5.75 Å². The highest BCUT2D eigenvalue weighted by molar-refractivity contribution is 5.89. The van der Waals surface area contributed by atoms with Gasteiger partial charge in [0.1, 0.15) is 11.8 Å². The molecule has 6 heteroatoms. The predicted molar refractivity (Wildman–Crippen MR) is 124 cm³/mol. The minimum Gasteiger partial charge on any atom is -0.494 e. The van der Waals surface area contributed by atoms with Crippen LogP contribution in [0.2, 0.25) is 0 Å². The summed E-state index contributed by atoms with van der Waals surface area (Å²) in [6.45, 7) is 8.60. The Labute approximate surface area is 185 Å². The fourth-order valence-electron chi connectivity index (χ4n) is 3.79. The van der Waals surface area contributed by atoms with Crippen LogP contribution in [0.25, 0.3) is 0 Å². The third-order valence-corrected chi connectivity index (χ3v) is 5.59. The number of carbonyl (C=O) groups is 2. The summed E-state index contributed by atoms with van der Waals surface area (Å²) < 4.78 is 5.59. The number of amides is 2. The summed E-state index contributed by atoms with van der Waals surface area (Å²) in [7, 11) is 0. The smallest absolute Gasteiger partial charge is 0.240 e. The first-order chi connectivity index (χ1) is 14.7. The molecule has 0 saturated heterocycles. The molecule has 4 N–H and O–H groups in total. The van der Waals surface area contributed by atoms with E-state index in [9.17, 15) is 9.59 Å². The van der Waals surface area contributed by atoms with Gasteiger partial charge >= 0.3 is 0 Å². The molecule has 0 spiro atoms. The molecule has 0 radical (unpaired) electrons. The molecule has 0 saturated carbocycles. The van der Waals surface area contributed by atoms with E-state index in [-0.39, 0.29) is 5.91 Å². The number of primary amides is 1. The molecule has 168 valence electrons. The second-order valence-corrected chi connectivity index (χ2v) is 7.98. The molecule has 0 bridgehead atoms. The summed E-state index contributed by atoms with van der Waals surface area (Å²) in [5.74, 6) is 0.0202. The predicted octanol–water partition coefficient (Wildman–Crippen LogP) is 2.91. The molecule has 2 rings (SSSR count). The van der Waals surface area contributed by atoms with Gasteiger partial charge in [0.05, 0.1) is 12.6 Å². The first-order valence-corrected chi connectivity index (χ1v) is 10.9. The average Bonchev–Trinajstić information content (AvgIpc) is 2.73. The van der Waals surface area contributed by atoms with Crippen molar-refractivity contribution in [2.45, 2.75) is 59.0 Å². The van der Waals surface area contributed by atoms with Gasteiger partial charge in [0.25, 0.3) is 0 Å². The number of hydrogen-bond donors (Lipinski definition) is 2. The molecule has 2 aromatic carbocycles. The van der Waals surface area contributed by atoms with E-state index in [1.165, 1.54) is 10.5 Å². The molecule has 0 unspecified atom stereocenters. The Morgan fingerprint density at radius 3 is 2.26 bits per heavy atom. The van der Waals surface area contributed by atoms with E-state index in [0.717, 1.165) is 35.3 Å². The maximum Gasteiger partial charge on any atom is 0.240 e. The van der Waals surface area contributed by atoms with Gasteiger partial charge < -0.3 is 21.1 Å². The molecule has 31 heavy (non-hydrogen) atoms. The van der Waals surface area contributed by atoms with Crippen molar-refractivity contribution in [2.24, 2.45) is 11.5 Å². The van der Waals surface area contributed by atoms with Gasteiger partial charge in [-0.3, -0.25) is 9.59 Å². The summed E-state index contributed by atoms with van der Waals surface area (Å²) in [6, 6.07) is 12.5. The van der Waals surface area contributed by atoms with Crippen LogP contribution in [-0.2, 0) is 22.4 Å². The van der Waals surface area contributed by atoms with Crippen LogP contribution in [0.1, 0.15) is 42.5 Å². The standard InChI is InChI=1S/C25H35N3O3/c1-5-31-21-14-17(2)22(18(3)15-21)16-23(26)25(30)28(19(4)24(27)29)13-9-12-20-10-7-6-8-11-20/h6-8,10-11,14-15,19,23H,5,9,12-13,16,26H2,1-4H3,(H2,27,29)/t19-,23+/m1/s1. The highest BCUT2D eigenvalue weighted by Crippen LogP contribution is 2.23. The molecule has 0 aliphatic carbocycles. The van der Waals surface area contributed by atoms with E-state index >= 15 is 0 Å². The van der Waals surface area contributed by atoms with Crippen LogP contribution in [0.15, 0.2) is 42.5 Å². The Kier molecular flexibility index (Phi) is 9.06. The molecular weight excluding hydrogens is 390 g/mol. The summed E-state index contributed by atoms with van der Waals surface area (Å²) >= 11 is 0. The van der Waals surface area contributed by atoms with Gasteiger partial charge in [-0.05, 0) is 81.3 Å². The number of carbonyl (C=O) groups excluding carboxylic acids is 2. The Balaban J connectivity index is 2.11. The zero-order valence-corrected chi connectivity index (χ0v) is 19.1. The third kappa shape index (κ3) is 6.82. The van der Waals surface area contributed by atoms with E-state index in [2.05, 4.69) is 0 Å². The summed E-state index contributed by atoms with van der Waals surface area (Å²) in [5, 5.41) is 0. The second kappa shape index (κ2) is 11.5. The molecule has 2 amide bonds. The number of nitrogens with zero attached hydrogens (tertiary/aromatic N) is 1. The first kappa shape index (κ1) is 24.4. The third-order valence-electron chi connectivity index (χ3n) is 5.59. The van der Waals surface area contributed by atoms with Crippen molar-refractivity contribution in [3.05, 3.63) is 64.7 Å². The van der Waals surface area contributed by atoms with Crippen LogP contribution < -0.4 is 16.2 Å². The summed E-state index contributed by atoms with van der Waals surface area (Å²) in [5.41, 5.74) is 16.1. The summed E-state index contributed by atoms with van der Waals surface area (Å²) in [6.07, 6.45) is 1.92. The average molecular weight is 426 g/mol. The minimum atomic E-state index is -0.756. The molecule has 6 nitrogen and oxygen atoms in total. The largest absolute Gasteiger partial charge is 0.494 e. The van der Waals surface area contributed by atoms with Crippen molar-refractivity contribution in [3.8, 4) is 5.75 Å². The van der Waals surface area contributed by atoms with Crippen molar-refractivity contribution in [3.63, 3.8) is 0 Å². The lowest BCUT2D eigenvalue weighted by atomic mass is 9.95. The lowest BCUT2D eigenvalue weighted by Crippen LogP contribution is -2.53. The number of aryl methyl sites for hydroxylation is 3. The number of benzene rings is 2. The maximum atomic E-state index is 13.2. The molecule has 0 aromatic heterocycles. The lowest BCUT2D eigenvalue weighted by molar-refractivity contribution is -0.139. The highest BCUT2D eigenvalue weighted by atomic mass is 16.5. The fourth-order valence-corrected chi connectivity index (χ4v) is 3.79. The van der Waals surface area contributed by atoms with E-state index in [1.807, 2.05) is 63.2 Å². The molecule has 0 aliphatic heterocycles. The normalized spacial score (nSPS) is 12.8. The van der Waals surface area contributed by atoms with Crippen molar-refractivity contribution in [1.82, 2.24) is 4.90 Å². The second-order valence-electron chi connectivity index (χ2n) is 7.98. The van der Waals surface area contributed by atoms with Crippen molar-refractivity contribution in [2.75, 3.05) is 13.2 Å². The Hall–Kier alpha value is -2.86. The van der Waals surface area contributed by atoms with Crippen molar-refractivity contribution >= 4 is 11.8 Å². The topological polar surface area (TPSA) is 98.7 Å². The van der Waals surface area contributed by atoms with Gasteiger partial charge in [-0.25, -0.2) is 0 Å². The van der Waals surface area contributed by atoms with E-state index < -0.39 is 18.0 Å². The van der Waals surface area contributed by atoms with E-state index in [4.69, 9.17) is 16.2 Å². The van der Waals surface area contributed by atoms with Gasteiger partial charge in [-0.2, -0.15) is 0 Å². The first-order valence-electron chi connectivity index (χ1n) is 10.9. The Bertz CT molecular complexity index is 860. The molecule has 2 atom stereocenters. The van der Waals surface area contributed by atoms with E-state index in [0.29, 0.717) is 19.6 Å². The van der Waals surface area contributed by atoms with Crippen LogP contribution in [0, 0.1) is 13.8 Å². The Morgan fingerprint density at radius 1 is 1.10 bits per heavy atom. The molecular formula is C25H35N3O3. The quantitative estimate of drug-likeness (QED) is 0.578. The molecule has 0 aliphatic rings. The SMILES string of the molecule is CCOc1cc(C)c(C[C@H](N)C(=O)N(CCCc2ccccc2)[C@H](C)C(N)=O)c(C)c1. The lowest BCUT2D eigenvalue weighted by Gasteiger charge is -2.30. The van der Waals surface area contributed by atoms with Crippen LogP contribution in [0.3, 0.4) is 0 Å². The highest BCUT2D eigenvalue weighted by Gasteiger charge is 2.28.